The number of hydrogen-bond donors (Lipinski definition) is 1. The molecule has 1 nitrogen and oxygen atoms in total. The van der Waals surface area contributed by atoms with E-state index in [0.29, 0.717) is 0 Å². The zero-order valence-corrected chi connectivity index (χ0v) is 8.91. The third-order valence-electron chi connectivity index (χ3n) is 0.957. The average Bonchev–Trinajstić information content (AvgIpc) is 1.88. The molecule has 0 aromatic rings. The monoisotopic (exact) mass is 159 g/mol. The van der Waals surface area contributed by atoms with E-state index >= 15 is 0 Å². The Morgan fingerprint density at radius 2 is 1.55 bits per heavy atom. The second-order valence-corrected chi connectivity index (χ2v) is 3.44. The van der Waals surface area contributed by atoms with Gasteiger partial charge >= 0.3 is 0 Å². The van der Waals surface area contributed by atoms with Gasteiger partial charge in [-0.15, -0.1) is 0 Å². The predicted octanol–water partition coefficient (Wildman–Crippen LogP) is 3.06. The first-order valence-electron chi connectivity index (χ1n) is 4.85. The standard InChI is InChI=1S/C6H15N.C4H10/c1-3-5-6-7-4-2;1-4(2)3/h7H,3-6H2,1-2H3;4H,1-3H3. The second kappa shape index (κ2) is 12.6. The van der Waals surface area contributed by atoms with Gasteiger partial charge in [0.2, 0.25) is 0 Å². The molecule has 0 atom stereocenters. The van der Waals surface area contributed by atoms with Crippen LogP contribution in [0.15, 0.2) is 0 Å². The molecule has 0 aliphatic rings. The zero-order valence-electron chi connectivity index (χ0n) is 8.91. The van der Waals surface area contributed by atoms with Crippen molar-refractivity contribution in [3.63, 3.8) is 0 Å². The van der Waals surface area contributed by atoms with Crippen LogP contribution >= 0.6 is 0 Å². The Labute approximate surface area is 72.6 Å². The van der Waals surface area contributed by atoms with Crippen molar-refractivity contribution in [3.05, 3.63) is 0 Å². The van der Waals surface area contributed by atoms with Crippen molar-refractivity contribution in [1.82, 2.24) is 5.32 Å². The lowest BCUT2D eigenvalue weighted by Gasteiger charge is -1.95. The van der Waals surface area contributed by atoms with Gasteiger partial charge in [-0.2, -0.15) is 0 Å². The lowest BCUT2D eigenvalue weighted by atomic mass is 10.3. The molecule has 0 unspecified atom stereocenters. The van der Waals surface area contributed by atoms with Gasteiger partial charge in [-0.1, -0.05) is 41.0 Å². The quantitative estimate of drug-likeness (QED) is 0.622. The first-order valence-corrected chi connectivity index (χ1v) is 4.85. The summed E-state index contributed by atoms with van der Waals surface area (Å²) in [6.07, 6.45) is 2.61. The Hall–Kier alpha value is -0.0400. The van der Waals surface area contributed by atoms with Gasteiger partial charge in [-0.05, 0) is 25.4 Å². The summed E-state index contributed by atoms with van der Waals surface area (Å²) in [5.41, 5.74) is 0. The third-order valence-corrected chi connectivity index (χ3v) is 0.957. The molecule has 70 valence electrons. The molecular formula is C10H25N. The van der Waals surface area contributed by atoms with Gasteiger partial charge in [0.05, 0.1) is 0 Å². The van der Waals surface area contributed by atoms with Crippen LogP contribution in [0.5, 0.6) is 0 Å². The van der Waals surface area contributed by atoms with E-state index in [1.54, 1.807) is 0 Å². The summed E-state index contributed by atoms with van der Waals surface area (Å²) in [5, 5.41) is 3.25. The van der Waals surface area contributed by atoms with Crippen LogP contribution in [0.3, 0.4) is 0 Å². The normalized spacial score (nSPS) is 9.27. The fourth-order valence-corrected chi connectivity index (χ4v) is 0.479. The molecule has 0 radical (unpaired) electrons. The van der Waals surface area contributed by atoms with E-state index in [-0.39, 0.29) is 0 Å². The zero-order chi connectivity index (χ0) is 9.11. The van der Waals surface area contributed by atoms with Crippen molar-refractivity contribution < 1.29 is 0 Å². The van der Waals surface area contributed by atoms with Crippen LogP contribution in [-0.4, -0.2) is 13.1 Å². The summed E-state index contributed by atoms with van der Waals surface area (Å²) in [4.78, 5) is 0. The first-order chi connectivity index (χ1) is 5.15. The maximum Gasteiger partial charge on any atom is -0.00491 e. The van der Waals surface area contributed by atoms with Gasteiger partial charge in [-0.3, -0.25) is 0 Å². The maximum absolute atomic E-state index is 3.25. The van der Waals surface area contributed by atoms with Crippen molar-refractivity contribution in [1.29, 1.82) is 0 Å². The highest BCUT2D eigenvalue weighted by Gasteiger charge is 1.77. The summed E-state index contributed by atoms with van der Waals surface area (Å²) in [7, 11) is 0. The van der Waals surface area contributed by atoms with Crippen LogP contribution < -0.4 is 5.32 Å². The van der Waals surface area contributed by atoms with E-state index < -0.39 is 0 Å². The van der Waals surface area contributed by atoms with E-state index in [9.17, 15) is 0 Å². The highest BCUT2D eigenvalue weighted by Crippen LogP contribution is 1.81. The molecule has 0 heterocycles. The fourth-order valence-electron chi connectivity index (χ4n) is 0.479. The smallest absolute Gasteiger partial charge is 0.00491 e. The topological polar surface area (TPSA) is 12.0 Å². The number of hydrogen-bond acceptors (Lipinski definition) is 1. The average molecular weight is 159 g/mol. The van der Waals surface area contributed by atoms with E-state index in [2.05, 4.69) is 39.9 Å². The van der Waals surface area contributed by atoms with E-state index in [0.717, 1.165) is 12.5 Å². The molecule has 0 aromatic carbocycles. The van der Waals surface area contributed by atoms with Crippen LogP contribution in [0, 0.1) is 5.92 Å². The highest BCUT2D eigenvalue weighted by molar-refractivity contribution is 4.39. The molecule has 0 saturated heterocycles. The molecule has 0 bridgehead atoms. The Bertz CT molecular complexity index is 44.1. The minimum atomic E-state index is 0.833. The Balaban J connectivity index is 0. The molecule has 0 aliphatic carbocycles. The van der Waals surface area contributed by atoms with Crippen LogP contribution in [0.4, 0.5) is 0 Å². The van der Waals surface area contributed by atoms with Gasteiger partial charge < -0.3 is 5.32 Å². The molecule has 1 heteroatoms. The molecule has 0 aromatic heterocycles. The Kier molecular flexibility index (Phi) is 15.5. The molecule has 0 saturated carbocycles. The molecular weight excluding hydrogens is 134 g/mol. The maximum atomic E-state index is 3.25. The minimum absolute atomic E-state index is 0.833. The van der Waals surface area contributed by atoms with Crippen molar-refractivity contribution in [3.8, 4) is 0 Å². The van der Waals surface area contributed by atoms with Crippen molar-refractivity contribution >= 4 is 0 Å². The number of nitrogens with one attached hydrogen (secondary N) is 1. The van der Waals surface area contributed by atoms with Crippen LogP contribution in [0.1, 0.15) is 47.5 Å². The molecule has 0 aliphatic heterocycles. The number of unbranched alkanes of at least 4 members (excludes halogenated alkanes) is 1. The van der Waals surface area contributed by atoms with E-state index in [1.165, 1.54) is 19.4 Å². The fraction of sp³-hybridized carbons (Fsp3) is 1.00. The van der Waals surface area contributed by atoms with Gasteiger partial charge in [0.15, 0.2) is 0 Å². The summed E-state index contributed by atoms with van der Waals surface area (Å²) in [6.45, 7) is 13.1. The van der Waals surface area contributed by atoms with Gasteiger partial charge in [0, 0.05) is 0 Å². The van der Waals surface area contributed by atoms with Crippen LogP contribution in [0.25, 0.3) is 0 Å². The molecule has 0 rings (SSSR count). The van der Waals surface area contributed by atoms with E-state index in [1.807, 2.05) is 0 Å². The first kappa shape index (κ1) is 13.5. The molecule has 0 amide bonds. The van der Waals surface area contributed by atoms with Crippen molar-refractivity contribution in [2.24, 2.45) is 5.92 Å². The second-order valence-electron chi connectivity index (χ2n) is 3.44. The van der Waals surface area contributed by atoms with Gasteiger partial charge in [-0.25, -0.2) is 0 Å². The van der Waals surface area contributed by atoms with Crippen molar-refractivity contribution in [2.75, 3.05) is 13.1 Å². The molecule has 0 fully saturated rings. The lowest BCUT2D eigenvalue weighted by molar-refractivity contribution is 0.663. The highest BCUT2D eigenvalue weighted by atomic mass is 14.8. The summed E-state index contributed by atoms with van der Waals surface area (Å²) in [5.74, 6) is 0.833. The van der Waals surface area contributed by atoms with Crippen molar-refractivity contribution in [2.45, 2.75) is 47.5 Å². The molecule has 1 N–H and O–H groups in total. The molecule has 0 spiro atoms. The third kappa shape index (κ3) is 40.2. The van der Waals surface area contributed by atoms with Crippen LogP contribution in [-0.2, 0) is 0 Å². The summed E-state index contributed by atoms with van der Waals surface area (Å²) < 4.78 is 0. The van der Waals surface area contributed by atoms with Crippen LogP contribution in [0.2, 0.25) is 0 Å². The predicted molar refractivity (Wildman–Crippen MR) is 54.0 cm³/mol. The van der Waals surface area contributed by atoms with E-state index in [4.69, 9.17) is 0 Å². The van der Waals surface area contributed by atoms with Gasteiger partial charge in [0.1, 0.15) is 0 Å². The Morgan fingerprint density at radius 1 is 1.09 bits per heavy atom. The summed E-state index contributed by atoms with van der Waals surface area (Å²) in [6, 6.07) is 0. The Morgan fingerprint density at radius 3 is 1.82 bits per heavy atom. The SMILES string of the molecule is CC(C)C.CCCCNCC. The largest absolute Gasteiger partial charge is 0.317 e. The minimum Gasteiger partial charge on any atom is -0.317 e. The number of rotatable bonds is 4. The summed E-state index contributed by atoms with van der Waals surface area (Å²) >= 11 is 0. The van der Waals surface area contributed by atoms with Gasteiger partial charge in [0.25, 0.3) is 0 Å². The lowest BCUT2D eigenvalue weighted by Crippen LogP contribution is -2.13. The molecule has 11 heavy (non-hydrogen) atoms.